The van der Waals surface area contributed by atoms with E-state index in [2.05, 4.69) is 19.1 Å². The van der Waals surface area contributed by atoms with E-state index in [1.54, 1.807) is 0 Å². The normalized spacial score (nSPS) is 42.6. The van der Waals surface area contributed by atoms with Crippen molar-refractivity contribution in [2.45, 2.75) is 70.8 Å². The summed E-state index contributed by atoms with van der Waals surface area (Å²) in [4.78, 5) is 25.2. The molecule has 4 bridgehead atoms. The monoisotopic (exact) mass is 386 g/mol. The van der Waals surface area contributed by atoms with Crippen molar-refractivity contribution in [3.8, 4) is 0 Å². The van der Waals surface area contributed by atoms with Gasteiger partial charge in [0, 0.05) is 0 Å². The zero-order chi connectivity index (χ0) is 19.5. The van der Waals surface area contributed by atoms with Crippen LogP contribution >= 0.6 is 0 Å². The molecule has 0 aromatic heterocycles. The molecule has 0 aromatic rings. The predicted octanol–water partition coefficient (Wildman–Crippen LogP) is 4.53. The van der Waals surface area contributed by atoms with Gasteiger partial charge >= 0.3 is 11.9 Å². The van der Waals surface area contributed by atoms with Gasteiger partial charge in [-0.05, 0) is 86.9 Å². The average molecular weight is 387 g/mol. The Morgan fingerprint density at radius 1 is 1.04 bits per heavy atom. The van der Waals surface area contributed by atoms with Crippen molar-refractivity contribution in [2.75, 3.05) is 6.61 Å². The Hall–Kier alpha value is -1.32. The third kappa shape index (κ3) is 2.85. The number of allylic oxidation sites excluding steroid dienone is 2. The van der Waals surface area contributed by atoms with Gasteiger partial charge < -0.3 is 9.47 Å². The zero-order valence-electron chi connectivity index (χ0n) is 17.3. The highest BCUT2D eigenvalue weighted by molar-refractivity contribution is 5.78. The summed E-state index contributed by atoms with van der Waals surface area (Å²) in [5, 5.41) is 0. The van der Waals surface area contributed by atoms with Gasteiger partial charge in [-0.2, -0.15) is 0 Å². The Morgan fingerprint density at radius 2 is 1.75 bits per heavy atom. The fourth-order valence-electron chi connectivity index (χ4n) is 7.79. The number of carbonyl (C=O) groups is 2. The maximum Gasteiger partial charge on any atom is 0.344 e. The fraction of sp³-hybridized carbons (Fsp3) is 0.833. The minimum absolute atomic E-state index is 0.000749. The maximum absolute atomic E-state index is 12.8. The van der Waals surface area contributed by atoms with E-state index >= 15 is 0 Å². The van der Waals surface area contributed by atoms with Crippen molar-refractivity contribution in [3.63, 3.8) is 0 Å². The second-order valence-electron chi connectivity index (χ2n) is 10.3. The number of hydrogen-bond acceptors (Lipinski definition) is 4. The first-order valence-electron chi connectivity index (χ1n) is 11.6. The number of rotatable bonds is 6. The van der Waals surface area contributed by atoms with Gasteiger partial charge in [0.25, 0.3) is 0 Å². The van der Waals surface area contributed by atoms with Crippen LogP contribution in [0.3, 0.4) is 0 Å². The standard InChI is InChI=1S/C24H34O4/c1-3-24(2,17-6-4-5-7-17)28-20(25)13-27-23(26)19-12-16-11-18(19)22-15-9-8-14(10-15)21(16)22/h8-9,14-19,21-22H,3-7,10-13H2,1-2H3. The van der Waals surface area contributed by atoms with Gasteiger partial charge in [-0.1, -0.05) is 31.9 Å². The van der Waals surface area contributed by atoms with Crippen molar-refractivity contribution >= 4 is 11.9 Å². The summed E-state index contributed by atoms with van der Waals surface area (Å²) in [7, 11) is 0. The highest BCUT2D eigenvalue weighted by Gasteiger charge is 2.62. The van der Waals surface area contributed by atoms with E-state index in [1.807, 2.05) is 6.92 Å². The van der Waals surface area contributed by atoms with E-state index in [9.17, 15) is 9.59 Å². The van der Waals surface area contributed by atoms with E-state index in [0.717, 1.165) is 37.5 Å². The van der Waals surface area contributed by atoms with E-state index in [-0.39, 0.29) is 24.5 Å². The van der Waals surface area contributed by atoms with Crippen LogP contribution in [0, 0.1) is 47.3 Å². The number of ether oxygens (including phenoxy) is 2. The predicted molar refractivity (Wildman–Crippen MR) is 105 cm³/mol. The quantitative estimate of drug-likeness (QED) is 0.382. The van der Waals surface area contributed by atoms with Crippen LogP contribution in [0.15, 0.2) is 12.2 Å². The molecule has 28 heavy (non-hydrogen) atoms. The lowest BCUT2D eigenvalue weighted by Crippen LogP contribution is -2.40. The molecule has 0 saturated heterocycles. The number of fused-ring (bicyclic) bond motifs is 9. The first kappa shape index (κ1) is 18.7. The van der Waals surface area contributed by atoms with Gasteiger partial charge in [-0.15, -0.1) is 0 Å². The number of esters is 2. The zero-order valence-corrected chi connectivity index (χ0v) is 17.3. The van der Waals surface area contributed by atoms with Crippen molar-refractivity contribution < 1.29 is 19.1 Å². The summed E-state index contributed by atoms with van der Waals surface area (Å²) < 4.78 is 11.3. The number of hydrogen-bond donors (Lipinski definition) is 0. The van der Waals surface area contributed by atoms with Crippen molar-refractivity contribution in [1.29, 1.82) is 0 Å². The van der Waals surface area contributed by atoms with Crippen LogP contribution in [0.4, 0.5) is 0 Å². The molecule has 4 saturated carbocycles. The summed E-state index contributed by atoms with van der Waals surface area (Å²) in [6, 6.07) is 0. The lowest BCUT2D eigenvalue weighted by molar-refractivity contribution is -0.176. The van der Waals surface area contributed by atoms with E-state index in [4.69, 9.17) is 9.47 Å². The van der Waals surface area contributed by atoms with Crippen LogP contribution in [0.1, 0.15) is 65.2 Å². The van der Waals surface area contributed by atoms with Crippen molar-refractivity contribution in [2.24, 2.45) is 47.3 Å². The topological polar surface area (TPSA) is 52.6 Å². The summed E-state index contributed by atoms with van der Waals surface area (Å²) >= 11 is 0. The number of carbonyl (C=O) groups excluding carboxylic acids is 2. The molecule has 154 valence electrons. The first-order valence-corrected chi connectivity index (χ1v) is 11.6. The van der Waals surface area contributed by atoms with Gasteiger partial charge in [-0.25, -0.2) is 4.79 Å². The molecule has 4 nitrogen and oxygen atoms in total. The SMILES string of the molecule is CCC(C)(OC(=O)COC(=O)C1CC2CC1C1C3C=CC(C3)C21)C1CCCC1. The van der Waals surface area contributed by atoms with Gasteiger partial charge in [-0.3, -0.25) is 4.79 Å². The lowest BCUT2D eigenvalue weighted by Gasteiger charge is -2.36. The molecule has 0 N–H and O–H groups in total. The van der Waals surface area contributed by atoms with Crippen LogP contribution in [0.25, 0.3) is 0 Å². The molecule has 0 heterocycles. The molecular formula is C24H34O4. The molecule has 5 rings (SSSR count). The Balaban J connectivity index is 1.15. The average Bonchev–Trinajstić information content (AvgIpc) is 3.49. The van der Waals surface area contributed by atoms with Crippen LogP contribution < -0.4 is 0 Å². The van der Waals surface area contributed by atoms with Crippen LogP contribution in [0.5, 0.6) is 0 Å². The largest absolute Gasteiger partial charge is 0.457 e. The van der Waals surface area contributed by atoms with Gasteiger partial charge in [0.1, 0.15) is 5.60 Å². The smallest absolute Gasteiger partial charge is 0.344 e. The second-order valence-corrected chi connectivity index (χ2v) is 10.3. The highest BCUT2D eigenvalue weighted by Crippen LogP contribution is 2.67. The first-order chi connectivity index (χ1) is 13.5. The molecule has 8 atom stereocenters. The minimum Gasteiger partial charge on any atom is -0.457 e. The van der Waals surface area contributed by atoms with Gasteiger partial charge in [0.05, 0.1) is 5.92 Å². The molecule has 0 aliphatic heterocycles. The summed E-state index contributed by atoms with van der Waals surface area (Å²) in [6.07, 6.45) is 13.8. The molecule has 0 spiro atoms. The third-order valence-corrected chi connectivity index (χ3v) is 9.17. The molecule has 5 aliphatic rings. The molecule has 5 aliphatic carbocycles. The minimum atomic E-state index is -0.422. The Labute approximate surface area is 168 Å². The van der Waals surface area contributed by atoms with Gasteiger partial charge in [0.2, 0.25) is 0 Å². The molecule has 4 heteroatoms. The summed E-state index contributed by atoms with van der Waals surface area (Å²) in [6.45, 7) is 3.89. The van der Waals surface area contributed by atoms with E-state index in [1.165, 1.54) is 25.7 Å². The van der Waals surface area contributed by atoms with Gasteiger partial charge in [0.15, 0.2) is 6.61 Å². The van der Waals surface area contributed by atoms with Crippen molar-refractivity contribution in [1.82, 2.24) is 0 Å². The lowest BCUT2D eigenvalue weighted by atomic mass is 9.69. The highest BCUT2D eigenvalue weighted by atomic mass is 16.6. The molecule has 8 unspecified atom stereocenters. The third-order valence-electron chi connectivity index (χ3n) is 9.17. The molecular weight excluding hydrogens is 352 g/mol. The second kappa shape index (κ2) is 6.88. The maximum atomic E-state index is 12.8. The fourth-order valence-corrected chi connectivity index (χ4v) is 7.79. The van der Waals surface area contributed by atoms with Crippen LogP contribution in [-0.2, 0) is 19.1 Å². The Morgan fingerprint density at radius 3 is 2.46 bits per heavy atom. The van der Waals surface area contributed by atoms with Crippen LogP contribution in [0.2, 0.25) is 0 Å². The Kier molecular flexibility index (Phi) is 4.59. The molecule has 0 amide bonds. The molecule has 0 radical (unpaired) electrons. The van der Waals surface area contributed by atoms with E-state index in [0.29, 0.717) is 29.6 Å². The van der Waals surface area contributed by atoms with Crippen LogP contribution in [-0.4, -0.2) is 24.1 Å². The summed E-state index contributed by atoms with van der Waals surface area (Å²) in [5.41, 5.74) is -0.422. The van der Waals surface area contributed by atoms with E-state index < -0.39 is 5.60 Å². The summed E-state index contributed by atoms with van der Waals surface area (Å²) in [5.74, 6) is 3.99. The molecule has 0 aromatic carbocycles. The van der Waals surface area contributed by atoms with Crippen molar-refractivity contribution in [3.05, 3.63) is 12.2 Å². The Bertz CT molecular complexity index is 678. The molecule has 4 fully saturated rings.